The van der Waals surface area contributed by atoms with Crippen molar-refractivity contribution in [3.8, 4) is 11.3 Å². The molecule has 0 saturated heterocycles. The van der Waals surface area contributed by atoms with Crippen molar-refractivity contribution < 1.29 is 13.2 Å². The van der Waals surface area contributed by atoms with Crippen molar-refractivity contribution in [3.63, 3.8) is 0 Å². The number of amides is 1. The Labute approximate surface area is 170 Å². The molecule has 1 amide bonds. The van der Waals surface area contributed by atoms with Gasteiger partial charge in [0.05, 0.1) is 5.25 Å². The summed E-state index contributed by atoms with van der Waals surface area (Å²) in [6.45, 7) is 3.82. The zero-order valence-corrected chi connectivity index (χ0v) is 17.7. The Kier molecular flexibility index (Phi) is 6.79. The number of nitrogens with one attached hydrogen (secondary N) is 2. The number of sulfonamides is 1. The van der Waals surface area contributed by atoms with Gasteiger partial charge in [0.1, 0.15) is 5.69 Å². The summed E-state index contributed by atoms with van der Waals surface area (Å²) >= 11 is 1.32. The van der Waals surface area contributed by atoms with E-state index in [1.165, 1.54) is 11.5 Å². The molecule has 28 heavy (non-hydrogen) atoms. The molecule has 0 bridgehead atoms. The highest BCUT2D eigenvalue weighted by atomic mass is 32.2. The lowest BCUT2D eigenvalue weighted by atomic mass is 9.86. The first-order chi connectivity index (χ1) is 13.3. The van der Waals surface area contributed by atoms with Gasteiger partial charge in [-0.25, -0.2) is 13.1 Å². The third-order valence-electron chi connectivity index (χ3n) is 5.13. The summed E-state index contributed by atoms with van der Waals surface area (Å²) in [6, 6.07) is 7.84. The lowest BCUT2D eigenvalue weighted by Gasteiger charge is -2.28. The van der Waals surface area contributed by atoms with Crippen molar-refractivity contribution in [2.45, 2.75) is 57.4 Å². The van der Waals surface area contributed by atoms with E-state index >= 15 is 0 Å². The van der Waals surface area contributed by atoms with E-state index in [0.717, 1.165) is 16.8 Å². The molecule has 0 atom stereocenters. The molecule has 0 radical (unpaired) electrons. The molecular formula is C19H26N4O3S2. The fourth-order valence-corrected chi connectivity index (χ4v) is 4.70. The Morgan fingerprint density at radius 3 is 2.43 bits per heavy atom. The van der Waals surface area contributed by atoms with E-state index in [1.54, 1.807) is 13.8 Å². The number of aromatic nitrogens is 2. The van der Waals surface area contributed by atoms with Crippen molar-refractivity contribution in [1.82, 2.24) is 19.6 Å². The van der Waals surface area contributed by atoms with Crippen molar-refractivity contribution >= 4 is 27.5 Å². The first-order valence-corrected chi connectivity index (χ1v) is 11.9. The lowest BCUT2D eigenvalue weighted by molar-refractivity contribution is -0.126. The second kappa shape index (κ2) is 9.11. The molecule has 2 aromatic rings. The van der Waals surface area contributed by atoms with Crippen molar-refractivity contribution in [3.05, 3.63) is 35.2 Å². The number of benzene rings is 1. The van der Waals surface area contributed by atoms with Crippen molar-refractivity contribution in [2.75, 3.05) is 0 Å². The fraction of sp³-hybridized carbons (Fsp3) is 0.526. The van der Waals surface area contributed by atoms with Crippen LogP contribution in [0.1, 0.15) is 45.1 Å². The molecular weight excluding hydrogens is 396 g/mol. The molecule has 1 saturated carbocycles. The molecule has 0 unspecified atom stereocenters. The van der Waals surface area contributed by atoms with Crippen LogP contribution in [0.4, 0.5) is 0 Å². The molecule has 9 heteroatoms. The van der Waals surface area contributed by atoms with E-state index in [-0.39, 0.29) is 17.9 Å². The summed E-state index contributed by atoms with van der Waals surface area (Å²) in [5.74, 6) is -0.0156. The Morgan fingerprint density at radius 2 is 1.86 bits per heavy atom. The van der Waals surface area contributed by atoms with Gasteiger partial charge < -0.3 is 5.32 Å². The van der Waals surface area contributed by atoms with Gasteiger partial charge in [0.2, 0.25) is 15.9 Å². The van der Waals surface area contributed by atoms with Gasteiger partial charge >= 0.3 is 0 Å². The van der Waals surface area contributed by atoms with Crippen LogP contribution in [0, 0.1) is 5.92 Å². The third-order valence-corrected chi connectivity index (χ3v) is 7.53. The molecule has 1 heterocycles. The second-order valence-electron chi connectivity index (χ2n) is 7.47. The minimum atomic E-state index is -3.26. The maximum atomic E-state index is 12.5. The monoisotopic (exact) mass is 422 g/mol. The van der Waals surface area contributed by atoms with Crippen LogP contribution in [0.15, 0.2) is 29.6 Å². The molecule has 0 spiro atoms. The summed E-state index contributed by atoms with van der Waals surface area (Å²) in [7, 11) is -3.26. The number of carbonyl (C=O) groups is 1. The highest BCUT2D eigenvalue weighted by Gasteiger charge is 2.29. The van der Waals surface area contributed by atoms with E-state index in [9.17, 15) is 13.2 Å². The van der Waals surface area contributed by atoms with Gasteiger partial charge in [-0.3, -0.25) is 4.79 Å². The Hall–Kier alpha value is -1.84. The summed E-state index contributed by atoms with van der Waals surface area (Å²) in [5, 5.41) is 8.50. The molecule has 2 N–H and O–H groups in total. The molecule has 1 aromatic heterocycles. The maximum absolute atomic E-state index is 12.5. The van der Waals surface area contributed by atoms with Crippen LogP contribution < -0.4 is 10.0 Å². The number of carbonyl (C=O) groups excluding carboxylic acids is 1. The largest absolute Gasteiger partial charge is 0.352 e. The van der Waals surface area contributed by atoms with E-state index in [2.05, 4.69) is 19.6 Å². The normalized spacial score (nSPS) is 20.2. The summed E-state index contributed by atoms with van der Waals surface area (Å²) < 4.78 is 30.6. The molecule has 1 fully saturated rings. The molecule has 1 aliphatic carbocycles. The van der Waals surface area contributed by atoms with Crippen LogP contribution in [0.2, 0.25) is 0 Å². The van der Waals surface area contributed by atoms with Crippen LogP contribution in [0.25, 0.3) is 11.3 Å². The predicted octanol–water partition coefficient (Wildman–Crippen LogP) is 2.71. The number of nitrogens with zero attached hydrogens (tertiary/aromatic N) is 2. The smallest absolute Gasteiger partial charge is 0.223 e. The van der Waals surface area contributed by atoms with Gasteiger partial charge in [-0.15, -0.1) is 5.10 Å². The molecule has 0 aliphatic heterocycles. The molecule has 152 valence electrons. The fourth-order valence-electron chi connectivity index (χ4n) is 3.26. The molecule has 1 aromatic carbocycles. The molecule has 3 rings (SSSR count). The van der Waals surface area contributed by atoms with Gasteiger partial charge in [0.25, 0.3) is 0 Å². The Balaban J connectivity index is 1.45. The highest BCUT2D eigenvalue weighted by Crippen LogP contribution is 2.25. The average molecular weight is 423 g/mol. The van der Waals surface area contributed by atoms with Crippen molar-refractivity contribution in [1.29, 1.82) is 0 Å². The maximum Gasteiger partial charge on any atom is 0.223 e. The number of rotatable bonds is 7. The summed E-state index contributed by atoms with van der Waals surface area (Å²) in [6.07, 6.45) is 2.79. The highest BCUT2D eigenvalue weighted by molar-refractivity contribution is 7.90. The first-order valence-electron chi connectivity index (χ1n) is 9.50. The van der Waals surface area contributed by atoms with Gasteiger partial charge in [-0.1, -0.05) is 28.8 Å². The number of hydrogen-bond donors (Lipinski definition) is 2. The zero-order chi connectivity index (χ0) is 20.1. The standard InChI is InChI=1S/C19H26N4O3S2/c1-13(2)28(25,26)22-17-9-7-16(8-10-17)19(24)20-11-14-3-5-15(6-4-14)18-12-27-23-21-18/h3-6,12-13,16-17,22H,7-11H2,1-2H3,(H,20,24). The molecule has 7 nitrogen and oxygen atoms in total. The molecule has 1 aliphatic rings. The quantitative estimate of drug-likeness (QED) is 0.714. The number of hydrogen-bond acceptors (Lipinski definition) is 6. The van der Waals surface area contributed by atoms with Gasteiger partial charge in [-0.2, -0.15) is 0 Å². The van der Waals surface area contributed by atoms with Crippen LogP contribution in [0.5, 0.6) is 0 Å². The van der Waals surface area contributed by atoms with Gasteiger partial charge in [-0.05, 0) is 56.6 Å². The third kappa shape index (κ3) is 5.36. The van der Waals surface area contributed by atoms with E-state index in [1.807, 2.05) is 29.6 Å². The predicted molar refractivity (Wildman–Crippen MR) is 110 cm³/mol. The van der Waals surface area contributed by atoms with Crippen LogP contribution in [-0.4, -0.2) is 35.2 Å². The first kappa shape index (κ1) is 20.9. The second-order valence-corrected chi connectivity index (χ2v) is 10.3. The van der Waals surface area contributed by atoms with E-state index in [4.69, 9.17) is 0 Å². The van der Waals surface area contributed by atoms with Crippen molar-refractivity contribution in [2.24, 2.45) is 5.92 Å². The topological polar surface area (TPSA) is 101 Å². The zero-order valence-electron chi connectivity index (χ0n) is 16.1. The average Bonchev–Trinajstić information content (AvgIpc) is 3.21. The Bertz CT molecular complexity index is 872. The van der Waals surface area contributed by atoms with Crippen LogP contribution >= 0.6 is 11.5 Å². The van der Waals surface area contributed by atoms with Gasteiger partial charge in [0.15, 0.2) is 0 Å². The SMILES string of the molecule is CC(C)S(=O)(=O)NC1CCC(C(=O)NCc2ccc(-c3csnn3)cc2)CC1. The lowest BCUT2D eigenvalue weighted by Crippen LogP contribution is -2.43. The minimum absolute atomic E-state index is 0.0398. The summed E-state index contributed by atoms with van der Waals surface area (Å²) in [5.41, 5.74) is 2.88. The van der Waals surface area contributed by atoms with Crippen LogP contribution in [0.3, 0.4) is 0 Å². The Morgan fingerprint density at radius 1 is 1.18 bits per heavy atom. The minimum Gasteiger partial charge on any atom is -0.352 e. The van der Waals surface area contributed by atoms with E-state index < -0.39 is 15.3 Å². The van der Waals surface area contributed by atoms with Gasteiger partial charge in [0, 0.05) is 29.4 Å². The van der Waals surface area contributed by atoms with Crippen LogP contribution in [-0.2, 0) is 21.4 Å². The van der Waals surface area contributed by atoms with E-state index in [0.29, 0.717) is 32.2 Å². The summed E-state index contributed by atoms with van der Waals surface area (Å²) in [4.78, 5) is 12.5.